The van der Waals surface area contributed by atoms with Gasteiger partial charge < -0.3 is 4.90 Å². The van der Waals surface area contributed by atoms with Crippen molar-refractivity contribution >= 4 is 11.4 Å². The Morgan fingerprint density at radius 2 is 2.11 bits per heavy atom. The van der Waals surface area contributed by atoms with Crippen molar-refractivity contribution in [2.24, 2.45) is 0 Å². The van der Waals surface area contributed by atoms with Gasteiger partial charge in [-0.3, -0.25) is 10.1 Å². The summed E-state index contributed by atoms with van der Waals surface area (Å²) in [5.74, 6) is 0. The fraction of sp³-hybridized carbons (Fsp3) is 0.500. The maximum Gasteiger partial charge on any atom is 0.289 e. The topological polar surface area (TPSA) is 70.2 Å². The first-order chi connectivity index (χ1) is 9.10. The van der Waals surface area contributed by atoms with Gasteiger partial charge in [0, 0.05) is 25.3 Å². The predicted molar refractivity (Wildman–Crippen MR) is 75.2 cm³/mol. The van der Waals surface area contributed by atoms with Crippen molar-refractivity contribution < 1.29 is 4.92 Å². The van der Waals surface area contributed by atoms with E-state index in [1.54, 1.807) is 6.07 Å². The molecule has 5 nitrogen and oxygen atoms in total. The standard InChI is InChI=1S/C14H19N3O2/c1-3-4-5-6-9-16(2)13-8-7-12(11-15)14(10-13)17(18)19/h7-8,10H,3-6,9H2,1-2H3. The number of anilines is 1. The lowest BCUT2D eigenvalue weighted by Crippen LogP contribution is -2.18. The highest BCUT2D eigenvalue weighted by Gasteiger charge is 2.15. The molecule has 1 aromatic carbocycles. The molecule has 0 bridgehead atoms. The number of nitrogens with zero attached hydrogens (tertiary/aromatic N) is 3. The Morgan fingerprint density at radius 1 is 1.37 bits per heavy atom. The van der Waals surface area contributed by atoms with Crippen LogP contribution in [0.4, 0.5) is 11.4 Å². The summed E-state index contributed by atoms with van der Waals surface area (Å²) in [6, 6.07) is 6.58. The SMILES string of the molecule is CCCCCCN(C)c1ccc(C#N)c([N+](=O)[O-])c1. The number of nitro benzene ring substituents is 1. The van der Waals surface area contributed by atoms with Crippen LogP contribution in [0.3, 0.4) is 0 Å². The Hall–Kier alpha value is -2.09. The van der Waals surface area contributed by atoms with E-state index in [2.05, 4.69) is 6.92 Å². The quantitative estimate of drug-likeness (QED) is 0.428. The molecule has 102 valence electrons. The van der Waals surface area contributed by atoms with Gasteiger partial charge in [-0.1, -0.05) is 26.2 Å². The lowest BCUT2D eigenvalue weighted by atomic mass is 10.1. The van der Waals surface area contributed by atoms with Crippen LogP contribution in [0.2, 0.25) is 0 Å². The largest absolute Gasteiger partial charge is 0.374 e. The molecule has 0 aromatic heterocycles. The highest BCUT2D eigenvalue weighted by Crippen LogP contribution is 2.24. The Kier molecular flexibility index (Phi) is 5.80. The number of benzene rings is 1. The zero-order chi connectivity index (χ0) is 14.3. The van der Waals surface area contributed by atoms with Crippen molar-refractivity contribution in [2.75, 3.05) is 18.5 Å². The molecule has 0 aliphatic heterocycles. The van der Waals surface area contributed by atoms with Crippen LogP contribution in [-0.4, -0.2) is 18.5 Å². The van der Waals surface area contributed by atoms with Crippen LogP contribution in [0.5, 0.6) is 0 Å². The predicted octanol–water partition coefficient (Wildman–Crippen LogP) is 3.48. The lowest BCUT2D eigenvalue weighted by molar-refractivity contribution is -0.385. The van der Waals surface area contributed by atoms with E-state index in [0.717, 1.165) is 18.7 Å². The van der Waals surface area contributed by atoms with Crippen molar-refractivity contribution in [3.63, 3.8) is 0 Å². The fourth-order valence-electron chi connectivity index (χ4n) is 1.91. The Morgan fingerprint density at radius 3 is 2.68 bits per heavy atom. The van der Waals surface area contributed by atoms with E-state index in [0.29, 0.717) is 0 Å². The van der Waals surface area contributed by atoms with Crippen LogP contribution in [0, 0.1) is 21.4 Å². The van der Waals surface area contributed by atoms with Gasteiger partial charge >= 0.3 is 0 Å². The maximum atomic E-state index is 10.9. The lowest BCUT2D eigenvalue weighted by Gasteiger charge is -2.19. The smallest absolute Gasteiger partial charge is 0.289 e. The van der Waals surface area contributed by atoms with Gasteiger partial charge in [-0.2, -0.15) is 5.26 Å². The number of nitro groups is 1. The van der Waals surface area contributed by atoms with Crippen molar-refractivity contribution in [3.8, 4) is 6.07 Å². The molecule has 0 saturated carbocycles. The summed E-state index contributed by atoms with van der Waals surface area (Å²) in [5, 5.41) is 19.7. The molecule has 19 heavy (non-hydrogen) atoms. The van der Waals surface area contributed by atoms with Crippen molar-refractivity contribution in [1.29, 1.82) is 5.26 Å². The van der Waals surface area contributed by atoms with Crippen LogP contribution in [-0.2, 0) is 0 Å². The Labute approximate surface area is 113 Å². The summed E-state index contributed by atoms with van der Waals surface area (Å²) >= 11 is 0. The Bertz CT molecular complexity index is 480. The van der Waals surface area contributed by atoms with E-state index < -0.39 is 4.92 Å². The van der Waals surface area contributed by atoms with Gasteiger partial charge in [0.2, 0.25) is 0 Å². The number of unbranched alkanes of at least 4 members (excludes halogenated alkanes) is 3. The third-order valence-corrected chi connectivity index (χ3v) is 3.09. The molecular formula is C14H19N3O2. The summed E-state index contributed by atoms with van der Waals surface area (Å²) in [5.41, 5.74) is 0.760. The molecule has 0 N–H and O–H groups in total. The molecule has 0 atom stereocenters. The van der Waals surface area contributed by atoms with Gasteiger partial charge in [0.15, 0.2) is 0 Å². The molecule has 0 aliphatic carbocycles. The molecule has 5 heteroatoms. The monoisotopic (exact) mass is 261 g/mol. The minimum atomic E-state index is -0.507. The summed E-state index contributed by atoms with van der Waals surface area (Å²) in [7, 11) is 1.91. The maximum absolute atomic E-state index is 10.9. The van der Waals surface area contributed by atoms with Crippen molar-refractivity contribution in [2.45, 2.75) is 32.6 Å². The van der Waals surface area contributed by atoms with Crippen molar-refractivity contribution in [1.82, 2.24) is 0 Å². The first kappa shape index (κ1) is 15.0. The molecule has 0 saturated heterocycles. The second-order valence-electron chi connectivity index (χ2n) is 4.55. The number of hydrogen-bond acceptors (Lipinski definition) is 4. The average Bonchev–Trinajstić information content (AvgIpc) is 2.42. The highest BCUT2D eigenvalue weighted by atomic mass is 16.6. The first-order valence-electron chi connectivity index (χ1n) is 6.49. The Balaban J connectivity index is 2.76. The van der Waals surface area contributed by atoms with Crippen LogP contribution in [0.25, 0.3) is 0 Å². The van der Waals surface area contributed by atoms with Gasteiger partial charge in [0.25, 0.3) is 5.69 Å². The first-order valence-corrected chi connectivity index (χ1v) is 6.49. The number of hydrogen-bond donors (Lipinski definition) is 0. The van der Waals surface area contributed by atoms with Crippen LogP contribution < -0.4 is 4.90 Å². The molecule has 0 heterocycles. The molecule has 0 fully saturated rings. The second kappa shape index (κ2) is 7.37. The fourth-order valence-corrected chi connectivity index (χ4v) is 1.91. The van der Waals surface area contributed by atoms with E-state index in [1.165, 1.54) is 31.4 Å². The molecule has 0 radical (unpaired) electrons. The molecule has 0 amide bonds. The minimum absolute atomic E-state index is 0.105. The van der Waals surface area contributed by atoms with E-state index in [1.807, 2.05) is 18.0 Å². The molecule has 1 aromatic rings. The number of rotatable bonds is 7. The van der Waals surface area contributed by atoms with Gasteiger partial charge in [0.1, 0.15) is 11.6 Å². The van der Waals surface area contributed by atoms with Gasteiger partial charge in [-0.05, 0) is 18.6 Å². The van der Waals surface area contributed by atoms with Gasteiger partial charge in [-0.25, -0.2) is 0 Å². The summed E-state index contributed by atoms with van der Waals surface area (Å²) in [4.78, 5) is 12.4. The van der Waals surface area contributed by atoms with Crippen molar-refractivity contribution in [3.05, 3.63) is 33.9 Å². The molecule has 1 rings (SSSR count). The number of nitriles is 1. The minimum Gasteiger partial charge on any atom is -0.374 e. The van der Waals surface area contributed by atoms with E-state index in [9.17, 15) is 10.1 Å². The van der Waals surface area contributed by atoms with Gasteiger partial charge in [-0.15, -0.1) is 0 Å². The van der Waals surface area contributed by atoms with E-state index in [4.69, 9.17) is 5.26 Å². The average molecular weight is 261 g/mol. The van der Waals surface area contributed by atoms with Gasteiger partial charge in [0.05, 0.1) is 4.92 Å². The van der Waals surface area contributed by atoms with Crippen LogP contribution in [0.15, 0.2) is 18.2 Å². The molecule has 0 unspecified atom stereocenters. The van der Waals surface area contributed by atoms with Crippen LogP contribution >= 0.6 is 0 Å². The summed E-state index contributed by atoms with van der Waals surface area (Å²) in [6.07, 6.45) is 4.63. The summed E-state index contributed by atoms with van der Waals surface area (Å²) < 4.78 is 0. The normalized spacial score (nSPS) is 9.95. The zero-order valence-corrected chi connectivity index (χ0v) is 11.4. The molecule has 0 spiro atoms. The third-order valence-electron chi connectivity index (χ3n) is 3.09. The molecular weight excluding hydrogens is 242 g/mol. The third kappa shape index (κ3) is 4.25. The summed E-state index contributed by atoms with van der Waals surface area (Å²) in [6.45, 7) is 3.02. The zero-order valence-electron chi connectivity index (χ0n) is 11.4. The van der Waals surface area contributed by atoms with Crippen LogP contribution in [0.1, 0.15) is 38.2 Å². The second-order valence-corrected chi connectivity index (χ2v) is 4.55. The highest BCUT2D eigenvalue weighted by molar-refractivity contribution is 5.59. The van der Waals surface area contributed by atoms with E-state index >= 15 is 0 Å². The van der Waals surface area contributed by atoms with E-state index in [-0.39, 0.29) is 11.3 Å². The molecule has 0 aliphatic rings.